The van der Waals surface area contributed by atoms with Crippen molar-refractivity contribution in [3.8, 4) is 0 Å². The number of ether oxygens (including phenoxy) is 1. The van der Waals surface area contributed by atoms with Gasteiger partial charge in [-0.2, -0.15) is 0 Å². The lowest BCUT2D eigenvalue weighted by Gasteiger charge is -2.69. The first-order valence-corrected chi connectivity index (χ1v) is 30.2. The summed E-state index contributed by atoms with van der Waals surface area (Å²) in [6, 6.07) is 0. The summed E-state index contributed by atoms with van der Waals surface area (Å²) < 4.78 is 6.04. The van der Waals surface area contributed by atoms with E-state index < -0.39 is 31.9 Å². The summed E-state index contributed by atoms with van der Waals surface area (Å²) in [4.78, 5) is 39.9. The lowest BCUT2D eigenvalue weighted by Crippen LogP contribution is -2.64. The molecular formula is C52H99N2O5P3+2. The molecule has 0 radical (unpaired) electrons. The van der Waals surface area contributed by atoms with Crippen LogP contribution in [0.25, 0.3) is 0 Å². The maximum atomic E-state index is 13.0. The highest BCUT2D eigenvalue weighted by molar-refractivity contribution is 7.94. The highest BCUT2D eigenvalue weighted by atomic mass is 31.2. The molecule has 0 aromatic heterocycles. The number of hydrogen-bond acceptors (Lipinski definition) is 6. The minimum absolute atomic E-state index is 0.114. The molecule has 62 heavy (non-hydrogen) atoms. The fourth-order valence-electron chi connectivity index (χ4n) is 11.7. The Balaban J connectivity index is 0.00000278. The number of fused-ring (bicyclic) bond motifs is 5. The number of esters is 1. The second kappa shape index (κ2) is 24.3. The summed E-state index contributed by atoms with van der Waals surface area (Å²) in [5.41, 5.74) is 9.45. The SMILES string of the molecule is CC.CC.CC.CC=C(N)CC.CCC(CCC1(C)[P+](C)(C)CCC2(C)[C@]3(C)CCC4(/C(=C/C(C)=O)N(C)C)CC(=P)C(C(C)C)=C4C3CC[P+]21C)OC(=O)CC(C)(C)C(=O)O. The average molecular weight is 925 g/mol. The minimum Gasteiger partial charge on any atom is -0.481 e. The molecule has 7 atom stereocenters. The second-order valence-corrected chi connectivity index (χ2v) is 30.8. The number of carboxylic acids is 1. The van der Waals surface area contributed by atoms with E-state index in [2.05, 4.69) is 89.4 Å². The van der Waals surface area contributed by atoms with Crippen LogP contribution in [0.2, 0.25) is 0 Å². The van der Waals surface area contributed by atoms with E-state index >= 15 is 0 Å². The van der Waals surface area contributed by atoms with Crippen LogP contribution in [0, 0.1) is 28.1 Å². The standard InChI is InChI=1S/C41H69NO5P3.C5H11N.3C2H6/c1-15-29(47-33(44)26-37(5,6)36(45)46)16-18-40(9)49(12,13)23-21-39(8)38(7)19-20-41(32(42(10)11)24-28(4)43)25-31(48)34(27(2)3)35(41)30(38)17-22-50(39,40)14;1-3-5(6)4-2;3*1-2/h24,27,29-30,48H,15-23,25-26H2,1-14H3;3H,4,6H2,1-2H3;3*1-2H3/q+1;;;;/p+1/b32-24-;;;;/t29?,30?,38-,39?,40?,41?,50?;;;;/m1..../s1. The topological polar surface area (TPSA) is 110 Å². The minimum atomic E-state index is -1.60. The Hall–Kier alpha value is -1.54. The van der Waals surface area contributed by atoms with Crippen molar-refractivity contribution in [3.05, 3.63) is 34.7 Å². The van der Waals surface area contributed by atoms with Crippen LogP contribution in [0.1, 0.15) is 182 Å². The molecule has 4 aliphatic rings. The first kappa shape index (κ1) is 60.5. The van der Waals surface area contributed by atoms with Gasteiger partial charge >= 0.3 is 11.9 Å². The van der Waals surface area contributed by atoms with E-state index in [0.717, 1.165) is 50.6 Å². The van der Waals surface area contributed by atoms with Gasteiger partial charge in [-0.25, -0.2) is 0 Å². The van der Waals surface area contributed by atoms with Gasteiger partial charge in [0.25, 0.3) is 0 Å². The third kappa shape index (κ3) is 11.7. The molecule has 2 heterocycles. The number of nitrogens with two attached hydrogens (primary N) is 1. The van der Waals surface area contributed by atoms with Crippen LogP contribution in [0.3, 0.4) is 0 Å². The molecule has 0 spiro atoms. The van der Waals surface area contributed by atoms with E-state index in [9.17, 15) is 19.5 Å². The quantitative estimate of drug-likeness (QED) is 0.108. The fourth-order valence-corrected chi connectivity index (χ4v) is 26.3. The van der Waals surface area contributed by atoms with Crippen molar-refractivity contribution in [3.63, 3.8) is 0 Å². The number of nitrogens with zero attached hydrogens (tertiary/aromatic N) is 1. The second-order valence-electron chi connectivity index (χ2n) is 20.2. The van der Waals surface area contributed by atoms with Crippen LogP contribution >= 0.6 is 23.4 Å². The van der Waals surface area contributed by atoms with E-state index in [0.29, 0.717) is 11.8 Å². The molecule has 0 aromatic rings. The van der Waals surface area contributed by atoms with Crippen molar-refractivity contribution in [2.24, 2.45) is 33.8 Å². The van der Waals surface area contributed by atoms with E-state index in [1.807, 2.05) is 67.5 Å². The van der Waals surface area contributed by atoms with Gasteiger partial charge in [0.15, 0.2) is 10.7 Å². The van der Waals surface area contributed by atoms with Crippen LogP contribution in [-0.2, 0) is 19.1 Å². The van der Waals surface area contributed by atoms with Crippen LogP contribution in [0.4, 0.5) is 0 Å². The molecular weight excluding hydrogens is 826 g/mol. The first-order chi connectivity index (χ1) is 28.6. The number of aliphatic carboxylic acids is 1. The first-order valence-electron chi connectivity index (χ1n) is 24.4. The van der Waals surface area contributed by atoms with E-state index in [-0.39, 0.29) is 39.2 Å². The Morgan fingerprint density at radius 1 is 0.984 bits per heavy atom. The van der Waals surface area contributed by atoms with Gasteiger partial charge in [0.05, 0.1) is 63.8 Å². The Morgan fingerprint density at radius 3 is 1.95 bits per heavy atom. The summed E-state index contributed by atoms with van der Waals surface area (Å²) in [6.07, 6.45) is 15.3. The highest BCUT2D eigenvalue weighted by Gasteiger charge is 2.81. The molecule has 360 valence electrons. The van der Waals surface area contributed by atoms with Gasteiger partial charge in [0.1, 0.15) is 6.10 Å². The van der Waals surface area contributed by atoms with Gasteiger partial charge < -0.3 is 20.5 Å². The van der Waals surface area contributed by atoms with Gasteiger partial charge in [-0.3, -0.25) is 14.4 Å². The predicted molar refractivity (Wildman–Crippen MR) is 281 cm³/mol. The molecule has 0 bridgehead atoms. The number of carbonyl (C=O) groups excluding carboxylic acids is 2. The molecule has 1 saturated carbocycles. The summed E-state index contributed by atoms with van der Waals surface area (Å²) in [5.74, 6) is -0.400. The van der Waals surface area contributed by atoms with Crippen molar-refractivity contribution in [2.75, 3.05) is 46.4 Å². The molecule has 0 amide bonds. The zero-order chi connectivity index (χ0) is 49.0. The fraction of sp³-hybridized carbons (Fsp3) is 0.808. The van der Waals surface area contributed by atoms with E-state index in [4.69, 9.17) is 10.5 Å². The number of carboxylic acid groups (broad SMARTS) is 1. The third-order valence-electron chi connectivity index (χ3n) is 16.0. The predicted octanol–water partition coefficient (Wildman–Crippen LogP) is 14.2. The van der Waals surface area contributed by atoms with Crippen molar-refractivity contribution in [1.82, 2.24) is 4.90 Å². The Morgan fingerprint density at radius 2 is 1.53 bits per heavy atom. The molecule has 0 aromatic carbocycles. The van der Waals surface area contributed by atoms with Gasteiger partial charge in [-0.15, -0.1) is 8.86 Å². The number of hydrogen-bond donors (Lipinski definition) is 2. The molecule has 3 fully saturated rings. The highest BCUT2D eigenvalue weighted by Crippen LogP contribution is 2.96. The number of carbonyl (C=O) groups is 3. The summed E-state index contributed by atoms with van der Waals surface area (Å²) in [5, 5.41) is 11.1. The van der Waals surface area contributed by atoms with Crippen molar-refractivity contribution < 1.29 is 24.2 Å². The van der Waals surface area contributed by atoms with Gasteiger partial charge in [-0.05, 0) is 108 Å². The Labute approximate surface area is 387 Å². The zero-order valence-electron chi connectivity index (χ0n) is 44.4. The average Bonchev–Trinajstić information content (AvgIpc) is 3.53. The number of ketones is 1. The van der Waals surface area contributed by atoms with Crippen molar-refractivity contribution in [2.45, 2.75) is 198 Å². The molecule has 4 rings (SSSR count). The molecule has 7 nitrogen and oxygen atoms in total. The summed E-state index contributed by atoms with van der Waals surface area (Å²) in [6.45, 7) is 43.6. The number of rotatable bonds is 13. The van der Waals surface area contributed by atoms with Crippen LogP contribution < -0.4 is 5.73 Å². The normalized spacial score (nSPS) is 30.5. The van der Waals surface area contributed by atoms with Crippen LogP contribution in [0.5, 0.6) is 0 Å². The maximum Gasteiger partial charge on any atom is 0.309 e. The number of allylic oxidation sites excluding steroid dienone is 5. The monoisotopic (exact) mass is 925 g/mol. The van der Waals surface area contributed by atoms with Crippen LogP contribution in [0.15, 0.2) is 34.7 Å². The third-order valence-corrected chi connectivity index (χ3v) is 30.0. The lowest BCUT2D eigenvalue weighted by atomic mass is 9.50. The van der Waals surface area contributed by atoms with E-state index in [1.54, 1.807) is 26.3 Å². The van der Waals surface area contributed by atoms with Gasteiger partial charge in [0, 0.05) is 62.2 Å². The van der Waals surface area contributed by atoms with Crippen molar-refractivity contribution >= 4 is 46.4 Å². The van der Waals surface area contributed by atoms with Gasteiger partial charge in [-0.1, -0.05) is 82.2 Å². The largest absolute Gasteiger partial charge is 0.481 e. The molecule has 10 heteroatoms. The lowest BCUT2D eigenvalue weighted by molar-refractivity contribution is -0.159. The molecule has 6 unspecified atom stereocenters. The smallest absolute Gasteiger partial charge is 0.309 e. The van der Waals surface area contributed by atoms with E-state index in [1.165, 1.54) is 41.7 Å². The zero-order valence-corrected chi connectivity index (χ0v) is 47.2. The Kier molecular flexibility index (Phi) is 23.7. The van der Waals surface area contributed by atoms with Crippen molar-refractivity contribution in [1.29, 1.82) is 0 Å². The Bertz CT molecular complexity index is 1630. The molecule has 2 aliphatic heterocycles. The summed E-state index contributed by atoms with van der Waals surface area (Å²) in [7, 11) is 5.49. The molecule has 3 N–H and O–H groups in total. The molecule has 2 saturated heterocycles. The maximum absolute atomic E-state index is 13.0. The summed E-state index contributed by atoms with van der Waals surface area (Å²) >= 11 is 0. The van der Waals surface area contributed by atoms with Crippen LogP contribution in [-0.4, -0.2) is 95.6 Å². The van der Waals surface area contributed by atoms with Gasteiger partial charge in [0.2, 0.25) is 0 Å². The molecule has 2 aliphatic carbocycles.